The van der Waals surface area contributed by atoms with Crippen LogP contribution in [0.15, 0.2) is 23.3 Å². The zero-order valence-electron chi connectivity index (χ0n) is 27.5. The van der Waals surface area contributed by atoms with E-state index in [2.05, 4.69) is 47.6 Å². The van der Waals surface area contributed by atoms with Gasteiger partial charge in [-0.3, -0.25) is 4.79 Å². The highest BCUT2D eigenvalue weighted by molar-refractivity contribution is 5.88. The molecule has 0 aromatic carbocycles. The highest BCUT2D eigenvalue weighted by Gasteiger charge is 2.75. The fourth-order valence-corrected chi connectivity index (χ4v) is 12.1. The number of aliphatic carboxylic acids is 1. The number of carbonyl (C=O) groups excluding carboxylic acids is 1. The fraction of sp³-hybridized carbons (Fsp3) is 0.833. The summed E-state index contributed by atoms with van der Waals surface area (Å²) < 4.78 is 19.0. The Kier molecular flexibility index (Phi) is 6.64. The number of esters is 1. The molecule has 7 rings (SSSR count). The Balaban J connectivity index is 1.44. The first-order valence-electron chi connectivity index (χ1n) is 16.5. The number of hydrogen-bond acceptors (Lipinski definition) is 5. The minimum absolute atomic E-state index is 0.0391. The summed E-state index contributed by atoms with van der Waals surface area (Å²) in [6.45, 7) is 18.5. The summed E-state index contributed by atoms with van der Waals surface area (Å²) in [5.41, 5.74) is 0.598. The normalized spacial score (nSPS) is 48.6. The van der Waals surface area contributed by atoms with E-state index in [-0.39, 0.29) is 39.0 Å². The van der Waals surface area contributed by atoms with Gasteiger partial charge in [0.05, 0.1) is 6.61 Å². The molecule has 2 heterocycles. The number of allylic oxidation sites excluding steroid dienone is 3. The van der Waals surface area contributed by atoms with E-state index in [1.807, 2.05) is 14.0 Å². The summed E-state index contributed by atoms with van der Waals surface area (Å²) in [5.74, 6) is -0.823. The quantitative estimate of drug-likeness (QED) is 0.208. The van der Waals surface area contributed by atoms with Gasteiger partial charge in [-0.05, 0) is 93.3 Å². The van der Waals surface area contributed by atoms with Gasteiger partial charge in [-0.1, -0.05) is 59.3 Å². The van der Waals surface area contributed by atoms with E-state index < -0.39 is 23.3 Å². The van der Waals surface area contributed by atoms with Crippen LogP contribution in [-0.2, 0) is 23.8 Å². The second-order valence-electron chi connectivity index (χ2n) is 16.8. The molecule has 0 amide bonds. The Morgan fingerprint density at radius 1 is 1.00 bits per heavy atom. The number of methoxy groups -OCH3 is 1. The molecule has 42 heavy (non-hydrogen) atoms. The van der Waals surface area contributed by atoms with Crippen LogP contribution in [0.5, 0.6) is 0 Å². The van der Waals surface area contributed by atoms with Crippen molar-refractivity contribution in [2.75, 3.05) is 13.7 Å². The lowest BCUT2D eigenvalue weighted by Gasteiger charge is -2.75. The maximum atomic E-state index is 13.5. The summed E-state index contributed by atoms with van der Waals surface area (Å²) in [4.78, 5) is 26.5. The SMILES string of the molecule is C/C=C(/C)C(=O)OC1CC(C)(C)C[C@H]2C3=CC[C@@H]4[C@]56CCC(OC)(OC5)C(C)(C)[C@@H]6CC[C@@]4(C)[C@]3(C)CC[C@@]12C(=O)O. The van der Waals surface area contributed by atoms with Crippen LogP contribution in [0.25, 0.3) is 0 Å². The van der Waals surface area contributed by atoms with Crippen LogP contribution in [0, 0.1) is 50.2 Å². The van der Waals surface area contributed by atoms with Crippen LogP contribution in [0.2, 0.25) is 0 Å². The molecule has 6 heteroatoms. The molecule has 2 unspecified atom stereocenters. The highest BCUT2D eigenvalue weighted by Crippen LogP contribution is 2.78. The van der Waals surface area contributed by atoms with Gasteiger partial charge in [-0.25, -0.2) is 4.79 Å². The second kappa shape index (κ2) is 9.19. The molecule has 5 aliphatic carbocycles. The number of fused-ring (bicyclic) bond motifs is 7. The Labute approximate surface area is 253 Å². The Hall–Kier alpha value is -1.66. The third-order valence-electron chi connectivity index (χ3n) is 14.8. The third kappa shape index (κ3) is 3.51. The van der Waals surface area contributed by atoms with E-state index in [1.54, 1.807) is 13.0 Å². The highest BCUT2D eigenvalue weighted by atomic mass is 16.7. The van der Waals surface area contributed by atoms with E-state index in [0.29, 0.717) is 30.3 Å². The van der Waals surface area contributed by atoms with E-state index in [4.69, 9.17) is 14.2 Å². The molecule has 0 aromatic rings. The van der Waals surface area contributed by atoms with Gasteiger partial charge in [0.1, 0.15) is 11.5 Å². The van der Waals surface area contributed by atoms with E-state index in [9.17, 15) is 14.7 Å². The van der Waals surface area contributed by atoms with Crippen molar-refractivity contribution >= 4 is 11.9 Å². The molecule has 7 aliphatic rings. The van der Waals surface area contributed by atoms with Crippen LogP contribution in [0.3, 0.4) is 0 Å². The Bertz CT molecular complexity index is 1230. The molecule has 1 spiro atoms. The molecule has 2 bridgehead atoms. The monoisotopic (exact) mass is 582 g/mol. The van der Waals surface area contributed by atoms with Crippen molar-refractivity contribution in [1.29, 1.82) is 0 Å². The zero-order valence-corrected chi connectivity index (χ0v) is 27.5. The van der Waals surface area contributed by atoms with Gasteiger partial charge in [-0.15, -0.1) is 0 Å². The van der Waals surface area contributed by atoms with Crippen LogP contribution in [-0.4, -0.2) is 42.7 Å². The molecule has 0 radical (unpaired) electrons. The van der Waals surface area contributed by atoms with Crippen LogP contribution >= 0.6 is 0 Å². The smallest absolute Gasteiger partial charge is 0.333 e. The second-order valence-corrected chi connectivity index (χ2v) is 16.8. The minimum Gasteiger partial charge on any atom is -0.481 e. The average molecular weight is 583 g/mol. The third-order valence-corrected chi connectivity index (χ3v) is 14.8. The van der Waals surface area contributed by atoms with Crippen molar-refractivity contribution in [3.05, 3.63) is 23.3 Å². The molecule has 2 aliphatic heterocycles. The van der Waals surface area contributed by atoms with Gasteiger partial charge in [0.25, 0.3) is 0 Å². The number of carboxylic acid groups (broad SMARTS) is 1. The molecule has 1 N–H and O–H groups in total. The first-order valence-corrected chi connectivity index (χ1v) is 16.5. The lowest BCUT2D eigenvalue weighted by molar-refractivity contribution is -0.402. The van der Waals surface area contributed by atoms with Crippen molar-refractivity contribution in [3.63, 3.8) is 0 Å². The molecule has 9 atom stereocenters. The first-order chi connectivity index (χ1) is 19.5. The average Bonchev–Trinajstić information content (AvgIpc) is 2.92. The lowest BCUT2D eigenvalue weighted by Crippen LogP contribution is -2.73. The topological polar surface area (TPSA) is 82.1 Å². The van der Waals surface area contributed by atoms with Crippen LogP contribution in [0.1, 0.15) is 113 Å². The minimum atomic E-state index is -1.10. The Morgan fingerprint density at radius 2 is 1.71 bits per heavy atom. The maximum absolute atomic E-state index is 13.5. The summed E-state index contributed by atoms with van der Waals surface area (Å²) in [6.07, 6.45) is 11.6. The predicted molar refractivity (Wildman–Crippen MR) is 161 cm³/mol. The molecular weight excluding hydrogens is 528 g/mol. The van der Waals surface area contributed by atoms with E-state index in [0.717, 1.165) is 51.6 Å². The van der Waals surface area contributed by atoms with Gasteiger partial charge in [0.2, 0.25) is 0 Å². The van der Waals surface area contributed by atoms with Crippen molar-refractivity contribution in [2.45, 2.75) is 125 Å². The molecule has 2 saturated heterocycles. The van der Waals surface area contributed by atoms with Crippen molar-refractivity contribution in [3.8, 4) is 0 Å². The van der Waals surface area contributed by atoms with E-state index in [1.165, 1.54) is 5.57 Å². The summed E-state index contributed by atoms with van der Waals surface area (Å²) in [6, 6.07) is 0. The van der Waals surface area contributed by atoms with Gasteiger partial charge >= 0.3 is 11.9 Å². The fourth-order valence-electron chi connectivity index (χ4n) is 12.1. The molecular formula is C36H54O6. The molecule has 4 saturated carbocycles. The lowest BCUT2D eigenvalue weighted by atomic mass is 9.32. The molecule has 0 aromatic heterocycles. The first kappa shape index (κ1) is 30.4. The molecule has 6 nitrogen and oxygen atoms in total. The number of ether oxygens (including phenoxy) is 3. The van der Waals surface area contributed by atoms with Crippen LogP contribution in [0.4, 0.5) is 0 Å². The van der Waals surface area contributed by atoms with Gasteiger partial charge in [0.15, 0.2) is 5.79 Å². The molecule has 234 valence electrons. The number of carbonyl (C=O) groups is 2. The Morgan fingerprint density at radius 3 is 2.31 bits per heavy atom. The van der Waals surface area contributed by atoms with Crippen molar-refractivity contribution < 1.29 is 28.9 Å². The molecule has 6 fully saturated rings. The zero-order chi connectivity index (χ0) is 30.7. The summed E-state index contributed by atoms with van der Waals surface area (Å²) >= 11 is 0. The number of hydrogen-bond donors (Lipinski definition) is 1. The van der Waals surface area contributed by atoms with E-state index >= 15 is 0 Å². The summed E-state index contributed by atoms with van der Waals surface area (Å²) in [5, 5.41) is 11.0. The van der Waals surface area contributed by atoms with Gasteiger partial charge in [0, 0.05) is 35.9 Å². The standard InChI is InChI=1S/C36H54O6/c1-10-22(2)28(37)42-27-20-30(3,4)19-24-23-11-12-26-33(8,32(23,7)15-17-35(24,27)29(38)39)14-13-25-31(5,6)36(40-9)18-16-34(25,26)21-41-36/h10-11,24-27H,12-21H2,1-9H3,(H,38,39)/b22-10-/t24-,25-,26-,27?,32+,33+,34+,35-,36?/m0/s1. The van der Waals surface area contributed by atoms with Crippen molar-refractivity contribution in [2.24, 2.45) is 50.2 Å². The van der Waals surface area contributed by atoms with Gasteiger partial charge in [-0.2, -0.15) is 0 Å². The van der Waals surface area contributed by atoms with Gasteiger partial charge < -0.3 is 19.3 Å². The van der Waals surface area contributed by atoms with Crippen LogP contribution < -0.4 is 0 Å². The number of carboxylic acids is 1. The van der Waals surface area contributed by atoms with Crippen molar-refractivity contribution in [1.82, 2.24) is 0 Å². The maximum Gasteiger partial charge on any atom is 0.333 e. The number of rotatable bonds is 4. The summed E-state index contributed by atoms with van der Waals surface area (Å²) in [7, 11) is 1.82. The largest absolute Gasteiger partial charge is 0.481 e. The predicted octanol–water partition coefficient (Wildman–Crippen LogP) is 7.71.